The first-order valence-electron chi connectivity index (χ1n) is 8.54. The molecule has 3 aromatic rings. The summed E-state index contributed by atoms with van der Waals surface area (Å²) < 4.78 is 10.7. The molecule has 11 heteroatoms. The lowest BCUT2D eigenvalue weighted by Gasteiger charge is -2.18. The molecule has 0 aromatic heterocycles. The first-order valence-corrected chi connectivity index (χ1v) is 11.2. The summed E-state index contributed by atoms with van der Waals surface area (Å²) in [5, 5.41) is 0.625. The van der Waals surface area contributed by atoms with Crippen molar-refractivity contribution in [2.75, 3.05) is 0 Å². The number of benzene rings is 3. The molecule has 4 nitrogen and oxygen atoms in total. The van der Waals surface area contributed by atoms with E-state index in [1.165, 1.54) is 36.4 Å². The van der Waals surface area contributed by atoms with Gasteiger partial charge in [-0.3, -0.25) is 9.59 Å². The second-order valence-corrected chi connectivity index (χ2v) is 9.17. The van der Waals surface area contributed by atoms with Crippen molar-refractivity contribution in [1.82, 2.24) is 0 Å². The molecule has 0 heterocycles. The Morgan fingerprint density at radius 2 is 1.00 bits per heavy atom. The summed E-state index contributed by atoms with van der Waals surface area (Å²) in [6.45, 7) is 0. The highest BCUT2D eigenvalue weighted by Gasteiger charge is 2.34. The molecular formula is C21H9Cl7O4. The summed E-state index contributed by atoms with van der Waals surface area (Å²) in [6, 6.07) is 11.3. The number of hydrogen-bond acceptors (Lipinski definition) is 4. The standard InChI is InChI=1S/C21H9Cl7O4/c22-10-3-1-2-9(4-10)17(20(29)31-18-13(25)5-11(23)6-14(18)26)21(30)32-19-15(27)7-12(24)8-16(19)28/h1-8,17H. The first kappa shape index (κ1) is 25.3. The van der Waals surface area contributed by atoms with Crippen LogP contribution in [-0.4, -0.2) is 11.9 Å². The summed E-state index contributed by atoms with van der Waals surface area (Å²) in [5.74, 6) is -4.01. The molecule has 0 aliphatic rings. The lowest BCUT2D eigenvalue weighted by molar-refractivity contribution is -0.147. The summed E-state index contributed by atoms with van der Waals surface area (Å²) in [7, 11) is 0. The molecule has 3 aromatic carbocycles. The number of ether oxygens (including phenoxy) is 2. The maximum Gasteiger partial charge on any atom is 0.330 e. The van der Waals surface area contributed by atoms with Gasteiger partial charge in [0.25, 0.3) is 0 Å². The second-order valence-electron chi connectivity index (χ2n) is 6.23. The Bertz CT molecular complexity index is 1090. The lowest BCUT2D eigenvalue weighted by atomic mass is 9.99. The SMILES string of the molecule is O=C(Oc1c(Cl)cc(Cl)cc1Cl)C(C(=O)Oc1c(Cl)cc(Cl)cc1Cl)c1cccc(Cl)c1. The molecule has 0 amide bonds. The molecule has 0 N–H and O–H groups in total. The van der Waals surface area contributed by atoms with Crippen molar-refractivity contribution in [3.8, 4) is 11.5 Å². The highest BCUT2D eigenvalue weighted by molar-refractivity contribution is 6.41. The Balaban J connectivity index is 1.99. The number of carbonyl (C=O) groups excluding carboxylic acids is 2. The topological polar surface area (TPSA) is 52.6 Å². The number of carbonyl (C=O) groups is 2. The van der Waals surface area contributed by atoms with Crippen LogP contribution in [0.25, 0.3) is 0 Å². The van der Waals surface area contributed by atoms with Crippen LogP contribution in [0.1, 0.15) is 11.5 Å². The van der Waals surface area contributed by atoms with Crippen LogP contribution in [0.3, 0.4) is 0 Å². The van der Waals surface area contributed by atoms with Crippen molar-refractivity contribution >= 4 is 93.1 Å². The van der Waals surface area contributed by atoms with E-state index in [0.29, 0.717) is 0 Å². The average molecular weight is 573 g/mol. The van der Waals surface area contributed by atoms with E-state index in [0.717, 1.165) is 0 Å². The van der Waals surface area contributed by atoms with E-state index < -0.39 is 17.9 Å². The van der Waals surface area contributed by atoms with Gasteiger partial charge in [-0.2, -0.15) is 0 Å². The zero-order valence-corrected chi connectivity index (χ0v) is 20.8. The number of halogens is 7. The van der Waals surface area contributed by atoms with Crippen LogP contribution in [0.5, 0.6) is 11.5 Å². The van der Waals surface area contributed by atoms with Crippen LogP contribution in [0, 0.1) is 0 Å². The van der Waals surface area contributed by atoms with Gasteiger partial charge < -0.3 is 9.47 Å². The molecule has 0 fully saturated rings. The van der Waals surface area contributed by atoms with Crippen molar-refractivity contribution in [2.45, 2.75) is 5.92 Å². The first-order chi connectivity index (χ1) is 15.1. The Labute approximate surface area is 217 Å². The van der Waals surface area contributed by atoms with Crippen LogP contribution >= 0.6 is 81.2 Å². The quantitative estimate of drug-likeness (QED) is 0.174. The van der Waals surface area contributed by atoms with Crippen molar-refractivity contribution < 1.29 is 19.1 Å². The van der Waals surface area contributed by atoms with E-state index in [2.05, 4.69) is 0 Å². The predicted octanol–water partition coefficient (Wildman–Crippen LogP) is 8.56. The van der Waals surface area contributed by atoms with Crippen LogP contribution in [0.15, 0.2) is 48.5 Å². The van der Waals surface area contributed by atoms with Gasteiger partial charge in [-0.1, -0.05) is 93.3 Å². The summed E-state index contributed by atoms with van der Waals surface area (Å²) in [6.07, 6.45) is 0. The minimum atomic E-state index is -1.58. The van der Waals surface area contributed by atoms with E-state index in [4.69, 9.17) is 90.7 Å². The summed E-state index contributed by atoms with van der Waals surface area (Å²) >= 11 is 42.2. The van der Waals surface area contributed by atoms with Crippen LogP contribution in [0.2, 0.25) is 35.2 Å². The number of rotatable bonds is 5. The Hall–Kier alpha value is -1.37. The molecule has 3 rings (SSSR count). The van der Waals surface area contributed by atoms with Crippen LogP contribution in [0.4, 0.5) is 0 Å². The average Bonchev–Trinajstić information content (AvgIpc) is 2.67. The van der Waals surface area contributed by atoms with Gasteiger partial charge in [0.2, 0.25) is 0 Å². The molecule has 0 atom stereocenters. The van der Waals surface area contributed by atoms with E-state index in [-0.39, 0.29) is 52.2 Å². The minimum Gasteiger partial charge on any atom is -0.422 e. The monoisotopic (exact) mass is 570 g/mol. The highest BCUT2D eigenvalue weighted by Crippen LogP contribution is 2.39. The third-order valence-corrected chi connectivity index (χ3v) is 5.78. The van der Waals surface area contributed by atoms with E-state index in [9.17, 15) is 9.59 Å². The van der Waals surface area contributed by atoms with Gasteiger partial charge >= 0.3 is 11.9 Å². The Kier molecular flexibility index (Phi) is 8.45. The van der Waals surface area contributed by atoms with Gasteiger partial charge in [0.05, 0.1) is 20.1 Å². The molecule has 0 aliphatic carbocycles. The van der Waals surface area contributed by atoms with Gasteiger partial charge in [-0.25, -0.2) is 0 Å². The molecule has 0 radical (unpaired) electrons. The summed E-state index contributed by atoms with van der Waals surface area (Å²) in [4.78, 5) is 26.1. The van der Waals surface area contributed by atoms with E-state index >= 15 is 0 Å². The lowest BCUT2D eigenvalue weighted by Crippen LogP contribution is -2.30. The molecule has 166 valence electrons. The largest absolute Gasteiger partial charge is 0.422 e. The van der Waals surface area contributed by atoms with E-state index in [1.54, 1.807) is 12.1 Å². The van der Waals surface area contributed by atoms with Gasteiger partial charge in [0.1, 0.15) is 0 Å². The van der Waals surface area contributed by atoms with Gasteiger partial charge in [0.15, 0.2) is 17.4 Å². The van der Waals surface area contributed by atoms with Gasteiger partial charge in [-0.05, 0) is 42.0 Å². The highest BCUT2D eigenvalue weighted by atomic mass is 35.5. The normalized spacial score (nSPS) is 10.9. The predicted molar refractivity (Wildman–Crippen MR) is 128 cm³/mol. The summed E-state index contributed by atoms with van der Waals surface area (Å²) in [5.41, 5.74) is 0.190. The maximum absolute atomic E-state index is 13.1. The second kappa shape index (κ2) is 10.7. The molecule has 0 saturated heterocycles. The third-order valence-electron chi connectivity index (χ3n) is 3.98. The zero-order chi connectivity index (χ0) is 23.6. The van der Waals surface area contributed by atoms with Crippen LogP contribution in [-0.2, 0) is 9.59 Å². The molecule has 0 spiro atoms. The zero-order valence-electron chi connectivity index (χ0n) is 15.5. The number of esters is 2. The third kappa shape index (κ3) is 5.95. The van der Waals surface area contributed by atoms with Gasteiger partial charge in [-0.15, -0.1) is 0 Å². The van der Waals surface area contributed by atoms with Crippen molar-refractivity contribution in [2.24, 2.45) is 0 Å². The smallest absolute Gasteiger partial charge is 0.330 e. The fourth-order valence-corrected chi connectivity index (χ4v) is 4.61. The Morgan fingerprint density at radius 3 is 1.38 bits per heavy atom. The molecular weight excluding hydrogens is 564 g/mol. The minimum absolute atomic E-state index is 0.0298. The number of hydrogen-bond donors (Lipinski definition) is 0. The molecule has 0 unspecified atom stereocenters. The molecule has 32 heavy (non-hydrogen) atoms. The molecule has 0 saturated carbocycles. The molecule has 0 bridgehead atoms. The molecule has 0 aliphatic heterocycles. The van der Waals surface area contributed by atoms with Crippen molar-refractivity contribution in [3.63, 3.8) is 0 Å². The van der Waals surface area contributed by atoms with E-state index in [1.807, 2.05) is 0 Å². The van der Waals surface area contributed by atoms with Crippen molar-refractivity contribution in [3.05, 3.63) is 89.3 Å². The van der Waals surface area contributed by atoms with Crippen molar-refractivity contribution in [1.29, 1.82) is 0 Å². The fraction of sp³-hybridized carbons (Fsp3) is 0.0476. The Morgan fingerprint density at radius 1 is 0.594 bits per heavy atom. The van der Waals surface area contributed by atoms with Gasteiger partial charge in [0, 0.05) is 15.1 Å². The fourth-order valence-electron chi connectivity index (χ4n) is 2.63. The maximum atomic E-state index is 13.1. The van der Waals surface area contributed by atoms with Crippen LogP contribution < -0.4 is 9.47 Å².